The maximum absolute atomic E-state index is 12.2. The van der Waals surface area contributed by atoms with Crippen LogP contribution in [-0.2, 0) is 20.9 Å². The van der Waals surface area contributed by atoms with Gasteiger partial charge in [-0.15, -0.1) is 0 Å². The van der Waals surface area contributed by atoms with E-state index in [9.17, 15) is 9.59 Å². The highest BCUT2D eigenvalue weighted by Gasteiger charge is 2.26. The van der Waals surface area contributed by atoms with Crippen LogP contribution in [0.15, 0.2) is 12.4 Å². The topological polar surface area (TPSA) is 102 Å². The van der Waals surface area contributed by atoms with Gasteiger partial charge in [-0.2, -0.15) is 5.10 Å². The molecule has 2 aliphatic rings. The minimum Gasteiger partial charge on any atom is -0.378 e. The van der Waals surface area contributed by atoms with E-state index in [-0.39, 0.29) is 30.3 Å². The molecule has 2 atom stereocenters. The van der Waals surface area contributed by atoms with Crippen molar-refractivity contribution < 1.29 is 14.3 Å². The Bertz CT molecular complexity index is 582. The molecule has 1 aliphatic carbocycles. The van der Waals surface area contributed by atoms with E-state index in [1.54, 1.807) is 22.0 Å². The molecule has 1 saturated carbocycles. The molecule has 0 aromatic carbocycles. The number of carbonyl (C=O) groups excluding carboxylic acids is 2. The van der Waals surface area contributed by atoms with Gasteiger partial charge in [-0.25, -0.2) is 0 Å². The van der Waals surface area contributed by atoms with Crippen LogP contribution in [0.25, 0.3) is 0 Å². The van der Waals surface area contributed by atoms with Crippen LogP contribution in [0.1, 0.15) is 25.7 Å². The van der Waals surface area contributed by atoms with E-state index in [4.69, 9.17) is 10.5 Å². The Morgan fingerprint density at radius 2 is 2.12 bits per heavy atom. The van der Waals surface area contributed by atoms with E-state index in [0.29, 0.717) is 38.4 Å². The molecule has 0 radical (unpaired) electrons. The molecule has 2 fully saturated rings. The van der Waals surface area contributed by atoms with E-state index in [2.05, 4.69) is 10.4 Å². The Labute approximate surface area is 141 Å². The smallest absolute Gasteiger partial charge is 0.244 e. The van der Waals surface area contributed by atoms with Gasteiger partial charge in [-0.1, -0.05) is 6.42 Å². The average molecular weight is 335 g/mol. The normalized spacial score (nSPS) is 24.1. The van der Waals surface area contributed by atoms with Crippen molar-refractivity contribution in [1.82, 2.24) is 14.7 Å². The molecule has 0 bridgehead atoms. The summed E-state index contributed by atoms with van der Waals surface area (Å²) < 4.78 is 6.79. The molecule has 1 aliphatic heterocycles. The first kappa shape index (κ1) is 16.9. The number of ether oxygens (including phenoxy) is 1. The zero-order chi connectivity index (χ0) is 16.9. The molecule has 1 saturated heterocycles. The van der Waals surface area contributed by atoms with E-state index in [0.717, 1.165) is 19.3 Å². The van der Waals surface area contributed by atoms with Gasteiger partial charge in [0.1, 0.15) is 6.54 Å². The zero-order valence-corrected chi connectivity index (χ0v) is 13.8. The minimum absolute atomic E-state index is 0.0104. The first-order chi connectivity index (χ1) is 11.6. The van der Waals surface area contributed by atoms with Crippen LogP contribution in [0, 0.1) is 5.92 Å². The lowest BCUT2D eigenvalue weighted by Gasteiger charge is -2.26. The molecule has 0 unspecified atom stereocenters. The fourth-order valence-electron chi connectivity index (χ4n) is 3.34. The summed E-state index contributed by atoms with van der Waals surface area (Å²) in [6.45, 7) is 2.56. The van der Waals surface area contributed by atoms with Crippen molar-refractivity contribution in [2.75, 3.05) is 31.6 Å². The summed E-state index contributed by atoms with van der Waals surface area (Å²) in [6.07, 6.45) is 6.81. The summed E-state index contributed by atoms with van der Waals surface area (Å²) >= 11 is 0. The number of morpholine rings is 1. The van der Waals surface area contributed by atoms with Gasteiger partial charge in [0.25, 0.3) is 0 Å². The Hall–Kier alpha value is -1.93. The summed E-state index contributed by atoms with van der Waals surface area (Å²) in [7, 11) is 0. The van der Waals surface area contributed by atoms with Crippen LogP contribution >= 0.6 is 0 Å². The van der Waals surface area contributed by atoms with Gasteiger partial charge in [0.15, 0.2) is 0 Å². The fraction of sp³-hybridized carbons (Fsp3) is 0.688. The molecular weight excluding hydrogens is 310 g/mol. The predicted molar refractivity (Wildman–Crippen MR) is 88.2 cm³/mol. The van der Waals surface area contributed by atoms with Crippen molar-refractivity contribution in [3.05, 3.63) is 12.4 Å². The maximum Gasteiger partial charge on any atom is 0.244 e. The van der Waals surface area contributed by atoms with Crippen molar-refractivity contribution in [3.63, 3.8) is 0 Å². The van der Waals surface area contributed by atoms with Gasteiger partial charge in [0.2, 0.25) is 11.8 Å². The van der Waals surface area contributed by atoms with Crippen LogP contribution in [0.2, 0.25) is 0 Å². The van der Waals surface area contributed by atoms with Gasteiger partial charge in [0.05, 0.1) is 25.1 Å². The fourth-order valence-corrected chi connectivity index (χ4v) is 3.34. The number of aromatic nitrogens is 2. The molecule has 24 heavy (non-hydrogen) atoms. The third-order valence-electron chi connectivity index (χ3n) is 4.74. The molecule has 1 aromatic heterocycles. The maximum atomic E-state index is 12.2. The van der Waals surface area contributed by atoms with E-state index in [1.807, 2.05) is 0 Å². The number of carbonyl (C=O) groups is 2. The van der Waals surface area contributed by atoms with Crippen molar-refractivity contribution >= 4 is 17.5 Å². The largest absolute Gasteiger partial charge is 0.378 e. The molecule has 2 heterocycles. The molecule has 8 heteroatoms. The summed E-state index contributed by atoms with van der Waals surface area (Å²) in [5.74, 6) is 0.232. The van der Waals surface area contributed by atoms with Gasteiger partial charge in [-0.05, 0) is 18.8 Å². The molecule has 3 rings (SSSR count). The number of rotatable bonds is 5. The summed E-state index contributed by atoms with van der Waals surface area (Å²) in [5.41, 5.74) is 6.62. The van der Waals surface area contributed by atoms with Crippen LogP contribution in [-0.4, -0.2) is 58.8 Å². The van der Waals surface area contributed by atoms with E-state index >= 15 is 0 Å². The highest BCUT2D eigenvalue weighted by Crippen LogP contribution is 2.27. The number of hydrogen-bond donors (Lipinski definition) is 2. The van der Waals surface area contributed by atoms with E-state index in [1.165, 1.54) is 0 Å². The third-order valence-corrected chi connectivity index (χ3v) is 4.74. The van der Waals surface area contributed by atoms with Gasteiger partial charge in [0, 0.05) is 31.7 Å². The Morgan fingerprint density at radius 1 is 1.33 bits per heavy atom. The molecular formula is C16H25N5O3. The molecule has 1 aromatic rings. The number of nitrogens with two attached hydrogens (primary N) is 1. The van der Waals surface area contributed by atoms with Gasteiger partial charge >= 0.3 is 0 Å². The summed E-state index contributed by atoms with van der Waals surface area (Å²) in [5, 5.41) is 6.99. The Morgan fingerprint density at radius 3 is 2.83 bits per heavy atom. The monoisotopic (exact) mass is 335 g/mol. The predicted octanol–water partition coefficient (Wildman–Crippen LogP) is 0.198. The first-order valence-electron chi connectivity index (χ1n) is 8.55. The highest BCUT2D eigenvalue weighted by molar-refractivity contribution is 5.90. The van der Waals surface area contributed by atoms with Crippen molar-refractivity contribution in [1.29, 1.82) is 0 Å². The second-order valence-corrected chi connectivity index (χ2v) is 6.53. The van der Waals surface area contributed by atoms with Crippen LogP contribution in [0.4, 0.5) is 5.69 Å². The van der Waals surface area contributed by atoms with Crippen LogP contribution in [0.5, 0.6) is 0 Å². The lowest BCUT2D eigenvalue weighted by atomic mass is 10.00. The first-order valence-corrected chi connectivity index (χ1v) is 8.55. The highest BCUT2D eigenvalue weighted by atomic mass is 16.5. The number of nitrogens with zero attached hydrogens (tertiary/aromatic N) is 3. The van der Waals surface area contributed by atoms with Gasteiger partial charge < -0.3 is 20.7 Å². The number of hydrogen-bond acceptors (Lipinski definition) is 5. The second kappa shape index (κ2) is 7.76. The molecule has 3 N–H and O–H groups in total. The zero-order valence-electron chi connectivity index (χ0n) is 13.8. The molecule has 0 spiro atoms. The number of nitrogens with one attached hydrogen (secondary N) is 1. The molecule has 8 nitrogen and oxygen atoms in total. The second-order valence-electron chi connectivity index (χ2n) is 6.53. The van der Waals surface area contributed by atoms with Crippen LogP contribution < -0.4 is 11.1 Å². The summed E-state index contributed by atoms with van der Waals surface area (Å²) in [6, 6.07) is 0.129. The van der Waals surface area contributed by atoms with Crippen molar-refractivity contribution in [2.45, 2.75) is 38.3 Å². The Balaban J connectivity index is 1.47. The van der Waals surface area contributed by atoms with Crippen molar-refractivity contribution in [3.8, 4) is 0 Å². The molecule has 132 valence electrons. The van der Waals surface area contributed by atoms with E-state index < -0.39 is 0 Å². The summed E-state index contributed by atoms with van der Waals surface area (Å²) in [4.78, 5) is 26.0. The SMILES string of the molecule is N[C@@H]1CCC[C@H]1CC(=O)Nc1cnn(CC(=O)N2CCOCC2)c1. The lowest BCUT2D eigenvalue weighted by Crippen LogP contribution is -2.42. The van der Waals surface area contributed by atoms with Crippen LogP contribution in [0.3, 0.4) is 0 Å². The lowest BCUT2D eigenvalue weighted by molar-refractivity contribution is -0.136. The van der Waals surface area contributed by atoms with Crippen molar-refractivity contribution in [2.24, 2.45) is 11.7 Å². The number of anilines is 1. The average Bonchev–Trinajstić information content (AvgIpc) is 3.18. The minimum atomic E-state index is -0.0450. The Kier molecular flexibility index (Phi) is 5.47. The number of amides is 2. The molecule has 2 amide bonds. The quantitative estimate of drug-likeness (QED) is 0.800. The van der Waals surface area contributed by atoms with Gasteiger partial charge in [-0.3, -0.25) is 14.3 Å². The standard InChI is InChI=1S/C16H25N5O3/c17-14-3-1-2-12(14)8-15(22)19-13-9-18-21(10-13)11-16(23)20-4-6-24-7-5-20/h9-10,12,14H,1-8,11,17H2,(H,19,22)/t12-,14+/m0/s1. The third kappa shape index (κ3) is 4.33.